The van der Waals surface area contributed by atoms with Gasteiger partial charge in [0.15, 0.2) is 6.04 Å². The minimum atomic E-state index is -0.414. The molecule has 110 valence electrons. The molecule has 0 aliphatic carbocycles. The second-order valence-corrected chi connectivity index (χ2v) is 5.61. The molecule has 1 aromatic heterocycles. The van der Waals surface area contributed by atoms with Gasteiger partial charge in [0.25, 0.3) is 0 Å². The average molecular weight is 342 g/mol. The first kappa shape index (κ1) is 15.4. The van der Waals surface area contributed by atoms with Crippen molar-refractivity contribution in [2.75, 3.05) is 32.8 Å². The van der Waals surface area contributed by atoms with Gasteiger partial charge in [-0.25, -0.2) is 4.79 Å². The van der Waals surface area contributed by atoms with Crippen molar-refractivity contribution < 1.29 is 9.53 Å². The van der Waals surface area contributed by atoms with Crippen LogP contribution in [-0.4, -0.2) is 48.6 Å². The Kier molecular flexibility index (Phi) is 5.94. The van der Waals surface area contributed by atoms with Crippen LogP contribution in [0, 0.1) is 0 Å². The second-order valence-electron chi connectivity index (χ2n) is 4.70. The number of nitrogens with zero attached hydrogens (tertiary/aromatic N) is 2. The van der Waals surface area contributed by atoms with Crippen LogP contribution in [0.3, 0.4) is 0 Å². The van der Waals surface area contributed by atoms with Gasteiger partial charge in [0.05, 0.1) is 12.3 Å². The lowest BCUT2D eigenvalue weighted by Crippen LogP contribution is -2.38. The van der Waals surface area contributed by atoms with Gasteiger partial charge in [-0.3, -0.25) is 9.88 Å². The monoisotopic (exact) mass is 341 g/mol. The number of rotatable bonds is 4. The van der Waals surface area contributed by atoms with E-state index in [-0.39, 0.29) is 5.97 Å². The number of carbonyl (C=O) groups excluding carboxylic acids is 1. The Morgan fingerprint density at radius 2 is 2.35 bits per heavy atom. The lowest BCUT2D eigenvalue weighted by molar-refractivity contribution is -0.150. The molecular formula is C14H20BrN3O2. The third kappa shape index (κ3) is 4.01. The molecule has 20 heavy (non-hydrogen) atoms. The quantitative estimate of drug-likeness (QED) is 0.845. The Labute approximate surface area is 127 Å². The van der Waals surface area contributed by atoms with Crippen molar-refractivity contribution in [1.29, 1.82) is 0 Å². The van der Waals surface area contributed by atoms with E-state index in [9.17, 15) is 4.79 Å². The van der Waals surface area contributed by atoms with E-state index in [1.807, 2.05) is 19.1 Å². The predicted octanol–water partition coefficient (Wildman–Crippen LogP) is 1.74. The molecule has 1 fully saturated rings. The molecular weight excluding hydrogens is 322 g/mol. The topological polar surface area (TPSA) is 54.5 Å². The van der Waals surface area contributed by atoms with E-state index in [4.69, 9.17) is 4.74 Å². The van der Waals surface area contributed by atoms with E-state index in [1.165, 1.54) is 0 Å². The number of carbonyl (C=O) groups is 1. The smallest absolute Gasteiger partial charge is 0.329 e. The van der Waals surface area contributed by atoms with Crippen LogP contribution in [0.4, 0.5) is 0 Å². The van der Waals surface area contributed by atoms with Gasteiger partial charge in [-0.15, -0.1) is 0 Å². The number of esters is 1. The Balaban J connectivity index is 2.23. The fourth-order valence-electron chi connectivity index (χ4n) is 2.35. The van der Waals surface area contributed by atoms with Crippen molar-refractivity contribution in [3.8, 4) is 0 Å². The average Bonchev–Trinajstić information content (AvgIpc) is 2.71. The molecule has 2 rings (SSSR count). The summed E-state index contributed by atoms with van der Waals surface area (Å²) in [7, 11) is 0. The zero-order valence-corrected chi connectivity index (χ0v) is 13.2. The van der Waals surface area contributed by atoms with Crippen LogP contribution in [0.25, 0.3) is 0 Å². The van der Waals surface area contributed by atoms with E-state index in [2.05, 4.69) is 31.1 Å². The minimum absolute atomic E-state index is 0.218. The largest absolute Gasteiger partial charge is 0.465 e. The Morgan fingerprint density at radius 3 is 3.05 bits per heavy atom. The molecule has 1 aromatic rings. The van der Waals surface area contributed by atoms with E-state index >= 15 is 0 Å². The number of aromatic nitrogens is 1. The fourth-order valence-corrected chi connectivity index (χ4v) is 2.59. The lowest BCUT2D eigenvalue weighted by Gasteiger charge is -2.28. The van der Waals surface area contributed by atoms with Gasteiger partial charge in [0.1, 0.15) is 0 Å². The fraction of sp³-hybridized carbons (Fsp3) is 0.571. The number of hydrogen-bond acceptors (Lipinski definition) is 5. The van der Waals surface area contributed by atoms with Gasteiger partial charge >= 0.3 is 5.97 Å². The standard InChI is InChI=1S/C14H20BrN3O2/c1-2-20-14(19)13(12-5-4-11(15)10-17-12)18-8-3-6-16-7-9-18/h4-5,10,13,16H,2-3,6-9H2,1H3. The van der Waals surface area contributed by atoms with Crippen molar-refractivity contribution in [3.05, 3.63) is 28.5 Å². The summed E-state index contributed by atoms with van der Waals surface area (Å²) < 4.78 is 6.13. The summed E-state index contributed by atoms with van der Waals surface area (Å²) in [5, 5.41) is 3.34. The van der Waals surface area contributed by atoms with E-state index < -0.39 is 6.04 Å². The Hall–Kier alpha value is -0.980. The summed E-state index contributed by atoms with van der Waals surface area (Å²) in [5.41, 5.74) is 0.744. The summed E-state index contributed by atoms with van der Waals surface area (Å²) in [4.78, 5) is 18.8. The molecule has 0 aromatic carbocycles. The number of nitrogens with one attached hydrogen (secondary N) is 1. The van der Waals surface area contributed by atoms with Gasteiger partial charge in [-0.2, -0.15) is 0 Å². The Morgan fingerprint density at radius 1 is 1.50 bits per heavy atom. The Bertz CT molecular complexity index is 431. The third-order valence-corrected chi connectivity index (χ3v) is 3.75. The second kappa shape index (κ2) is 7.71. The van der Waals surface area contributed by atoms with Crippen molar-refractivity contribution in [1.82, 2.24) is 15.2 Å². The molecule has 1 N–H and O–H groups in total. The number of pyridine rings is 1. The molecule has 0 radical (unpaired) electrons. The molecule has 1 saturated heterocycles. The molecule has 0 spiro atoms. The van der Waals surface area contributed by atoms with Crippen LogP contribution < -0.4 is 5.32 Å². The van der Waals surface area contributed by atoms with E-state index in [0.29, 0.717) is 6.61 Å². The number of hydrogen-bond donors (Lipinski definition) is 1. The first-order chi connectivity index (χ1) is 9.72. The zero-order valence-electron chi connectivity index (χ0n) is 11.6. The normalized spacial score (nSPS) is 18.3. The van der Waals surface area contributed by atoms with Crippen LogP contribution in [0.5, 0.6) is 0 Å². The molecule has 5 nitrogen and oxygen atoms in total. The van der Waals surface area contributed by atoms with Gasteiger partial charge in [-0.1, -0.05) is 0 Å². The molecule has 1 atom stereocenters. The molecule has 1 unspecified atom stereocenters. The van der Waals surface area contributed by atoms with Crippen molar-refractivity contribution in [2.24, 2.45) is 0 Å². The predicted molar refractivity (Wildman–Crippen MR) is 80.4 cm³/mol. The maximum atomic E-state index is 12.3. The van der Waals surface area contributed by atoms with Crippen LogP contribution >= 0.6 is 15.9 Å². The highest BCUT2D eigenvalue weighted by atomic mass is 79.9. The van der Waals surface area contributed by atoms with E-state index in [0.717, 1.165) is 42.8 Å². The van der Waals surface area contributed by atoms with Crippen molar-refractivity contribution in [3.63, 3.8) is 0 Å². The zero-order chi connectivity index (χ0) is 14.4. The summed E-state index contributed by atoms with van der Waals surface area (Å²) in [6.07, 6.45) is 2.74. The number of halogens is 1. The summed E-state index contributed by atoms with van der Waals surface area (Å²) >= 11 is 3.37. The SMILES string of the molecule is CCOC(=O)C(c1ccc(Br)cn1)N1CCCNCC1. The lowest BCUT2D eigenvalue weighted by atomic mass is 10.1. The van der Waals surface area contributed by atoms with Gasteiger partial charge in [-0.05, 0) is 48.0 Å². The van der Waals surface area contributed by atoms with E-state index in [1.54, 1.807) is 6.20 Å². The highest BCUT2D eigenvalue weighted by Gasteiger charge is 2.30. The maximum absolute atomic E-state index is 12.3. The van der Waals surface area contributed by atoms with Gasteiger partial charge in [0.2, 0.25) is 0 Å². The molecule has 1 aliphatic rings. The van der Waals surface area contributed by atoms with Gasteiger partial charge < -0.3 is 10.1 Å². The summed E-state index contributed by atoms with van der Waals surface area (Å²) in [6.45, 7) is 5.77. The van der Waals surface area contributed by atoms with Crippen LogP contribution in [0.1, 0.15) is 25.1 Å². The summed E-state index contributed by atoms with van der Waals surface area (Å²) in [6, 6.07) is 3.37. The summed E-state index contributed by atoms with van der Waals surface area (Å²) in [5.74, 6) is -0.218. The first-order valence-corrected chi connectivity index (χ1v) is 7.74. The molecule has 0 saturated carbocycles. The van der Waals surface area contributed by atoms with Crippen LogP contribution in [0.2, 0.25) is 0 Å². The number of ether oxygens (including phenoxy) is 1. The van der Waals surface area contributed by atoms with Crippen LogP contribution in [-0.2, 0) is 9.53 Å². The first-order valence-electron chi connectivity index (χ1n) is 6.95. The molecule has 0 amide bonds. The highest BCUT2D eigenvalue weighted by Crippen LogP contribution is 2.22. The van der Waals surface area contributed by atoms with Gasteiger partial charge in [0, 0.05) is 30.3 Å². The molecule has 2 heterocycles. The minimum Gasteiger partial charge on any atom is -0.465 e. The molecule has 6 heteroatoms. The maximum Gasteiger partial charge on any atom is 0.329 e. The highest BCUT2D eigenvalue weighted by molar-refractivity contribution is 9.10. The molecule has 1 aliphatic heterocycles. The van der Waals surface area contributed by atoms with Crippen molar-refractivity contribution >= 4 is 21.9 Å². The van der Waals surface area contributed by atoms with Crippen molar-refractivity contribution in [2.45, 2.75) is 19.4 Å². The van der Waals surface area contributed by atoms with Crippen LogP contribution in [0.15, 0.2) is 22.8 Å². The molecule has 0 bridgehead atoms. The third-order valence-electron chi connectivity index (χ3n) is 3.28.